The third-order valence-electron chi connectivity index (χ3n) is 8.33. The Hall–Kier alpha value is -3.54. The minimum atomic E-state index is 0.00812. The Bertz CT molecular complexity index is 1510. The lowest BCUT2D eigenvalue weighted by atomic mass is 9.79. The van der Waals surface area contributed by atoms with Gasteiger partial charge in [-0.3, -0.25) is 4.98 Å². The molecule has 0 bridgehead atoms. The molecule has 1 aliphatic carbocycles. The highest BCUT2D eigenvalue weighted by molar-refractivity contribution is 6.30. The minimum absolute atomic E-state index is 0.00812. The Balaban J connectivity index is 1.58. The van der Waals surface area contributed by atoms with Gasteiger partial charge in [0.15, 0.2) is 5.65 Å². The van der Waals surface area contributed by atoms with Gasteiger partial charge in [-0.2, -0.15) is 15.2 Å². The smallest absolute Gasteiger partial charge is 0.234 e. The summed E-state index contributed by atoms with van der Waals surface area (Å²) in [6, 6.07) is 14.6. The van der Waals surface area contributed by atoms with Crippen molar-refractivity contribution in [1.82, 2.24) is 24.5 Å². The molecule has 1 saturated heterocycles. The Morgan fingerprint density at radius 2 is 1.87 bits per heavy atom. The number of imidazole rings is 1. The van der Waals surface area contributed by atoms with Crippen LogP contribution in [0.1, 0.15) is 63.0 Å². The van der Waals surface area contributed by atoms with Crippen LogP contribution in [0.4, 0.5) is 5.95 Å². The largest absolute Gasteiger partial charge is 0.377 e. The van der Waals surface area contributed by atoms with Crippen molar-refractivity contribution in [3.63, 3.8) is 0 Å². The monoisotopic (exact) mass is 541 g/mol. The molecule has 1 saturated carbocycles. The number of hydrogen-bond acceptors (Lipinski definition) is 7. The summed E-state index contributed by atoms with van der Waals surface area (Å²) in [6.45, 7) is 6.52. The molecule has 0 N–H and O–H groups in total. The van der Waals surface area contributed by atoms with Gasteiger partial charge in [0.1, 0.15) is 17.3 Å². The molecule has 2 atom stereocenters. The molecule has 2 fully saturated rings. The van der Waals surface area contributed by atoms with Crippen molar-refractivity contribution in [2.45, 2.75) is 51.6 Å². The van der Waals surface area contributed by atoms with Crippen molar-refractivity contribution < 1.29 is 4.74 Å². The summed E-state index contributed by atoms with van der Waals surface area (Å²) in [6.07, 6.45) is 8.11. The van der Waals surface area contributed by atoms with Gasteiger partial charge < -0.3 is 14.2 Å². The van der Waals surface area contributed by atoms with E-state index < -0.39 is 0 Å². The molecule has 8 nitrogen and oxygen atoms in total. The molecule has 6 rings (SSSR count). The lowest BCUT2D eigenvalue weighted by molar-refractivity contribution is 0.0924. The van der Waals surface area contributed by atoms with Crippen LogP contribution in [0.5, 0.6) is 0 Å². The second kappa shape index (κ2) is 10.9. The number of aromatic nitrogens is 5. The van der Waals surface area contributed by atoms with Crippen molar-refractivity contribution in [3.05, 3.63) is 65.2 Å². The molecule has 4 heterocycles. The van der Waals surface area contributed by atoms with E-state index >= 15 is 0 Å². The second-order valence-corrected chi connectivity index (χ2v) is 11.2. The first-order chi connectivity index (χ1) is 19.0. The topological polar surface area (TPSA) is 92.8 Å². The van der Waals surface area contributed by atoms with E-state index in [-0.39, 0.29) is 17.9 Å². The van der Waals surface area contributed by atoms with Gasteiger partial charge in [0.05, 0.1) is 24.3 Å². The Kier molecular flexibility index (Phi) is 7.20. The van der Waals surface area contributed by atoms with Gasteiger partial charge in [-0.25, -0.2) is 4.98 Å². The fraction of sp³-hybridized carbons (Fsp3) is 0.433. The van der Waals surface area contributed by atoms with Crippen LogP contribution in [-0.4, -0.2) is 44.3 Å². The number of anilines is 1. The van der Waals surface area contributed by atoms with Crippen molar-refractivity contribution in [1.29, 1.82) is 5.26 Å². The number of morpholine rings is 1. The van der Waals surface area contributed by atoms with E-state index in [1.54, 1.807) is 12.4 Å². The number of nitriles is 1. The Labute approximate surface area is 233 Å². The third-order valence-corrected chi connectivity index (χ3v) is 8.53. The maximum absolute atomic E-state index is 9.80. The van der Waals surface area contributed by atoms with E-state index in [9.17, 15) is 5.26 Å². The van der Waals surface area contributed by atoms with E-state index in [0.717, 1.165) is 35.8 Å². The maximum Gasteiger partial charge on any atom is 0.234 e. The first kappa shape index (κ1) is 25.7. The number of ether oxygens (including phenoxy) is 1. The molecule has 0 spiro atoms. The maximum atomic E-state index is 9.80. The predicted molar refractivity (Wildman–Crippen MR) is 151 cm³/mol. The van der Waals surface area contributed by atoms with Crippen LogP contribution in [0.3, 0.4) is 0 Å². The zero-order valence-corrected chi connectivity index (χ0v) is 23.1. The first-order valence-corrected chi connectivity index (χ1v) is 14.1. The van der Waals surface area contributed by atoms with Crippen LogP contribution >= 0.6 is 11.6 Å². The highest BCUT2D eigenvalue weighted by Gasteiger charge is 2.34. The third kappa shape index (κ3) is 4.97. The van der Waals surface area contributed by atoms with Gasteiger partial charge in [0.25, 0.3) is 0 Å². The van der Waals surface area contributed by atoms with Crippen LogP contribution in [-0.2, 0) is 4.74 Å². The molecule has 2 aliphatic rings. The predicted octanol–water partition coefficient (Wildman–Crippen LogP) is 6.38. The Morgan fingerprint density at radius 3 is 2.62 bits per heavy atom. The molecule has 4 aromatic rings. The highest BCUT2D eigenvalue weighted by Crippen LogP contribution is 2.42. The summed E-state index contributed by atoms with van der Waals surface area (Å²) in [4.78, 5) is 21.1. The standard InChI is InChI=1S/C30H32ClN7O/c1-19-8-10-21(11-9-19)20(2)38-28-27(23-14-24(31)17-33-16-23)34-26(15-32)35-29(28)36-30(38)37-12-13-39-18-25(37)22-6-4-3-5-7-22/h3-7,14,16-17,19-21,25H,8-13,18H2,1-2H3. The quantitative estimate of drug-likeness (QED) is 0.289. The van der Waals surface area contributed by atoms with Crippen LogP contribution in [0.15, 0.2) is 48.8 Å². The minimum Gasteiger partial charge on any atom is -0.377 e. The summed E-state index contributed by atoms with van der Waals surface area (Å²) in [5, 5.41) is 10.3. The van der Waals surface area contributed by atoms with Gasteiger partial charge >= 0.3 is 0 Å². The number of fused-ring (bicyclic) bond motifs is 1. The van der Waals surface area contributed by atoms with Crippen LogP contribution in [0.2, 0.25) is 5.02 Å². The zero-order chi connectivity index (χ0) is 26.9. The average molecular weight is 542 g/mol. The molecule has 1 aliphatic heterocycles. The number of pyridine rings is 1. The van der Waals surface area contributed by atoms with Crippen LogP contribution < -0.4 is 4.90 Å². The van der Waals surface area contributed by atoms with Gasteiger partial charge in [-0.05, 0) is 43.2 Å². The Morgan fingerprint density at radius 1 is 1.08 bits per heavy atom. The number of nitrogens with zero attached hydrogens (tertiary/aromatic N) is 7. The van der Waals surface area contributed by atoms with E-state index in [4.69, 9.17) is 26.3 Å². The molecular weight excluding hydrogens is 510 g/mol. The molecular formula is C30H32ClN7O. The average Bonchev–Trinajstić information content (AvgIpc) is 3.36. The summed E-state index contributed by atoms with van der Waals surface area (Å²) in [5.41, 5.74) is 3.88. The molecule has 0 radical (unpaired) electrons. The summed E-state index contributed by atoms with van der Waals surface area (Å²) >= 11 is 6.36. The number of rotatable bonds is 5. The molecule has 200 valence electrons. The summed E-state index contributed by atoms with van der Waals surface area (Å²) in [7, 11) is 0. The van der Waals surface area contributed by atoms with Crippen molar-refractivity contribution in [2.24, 2.45) is 11.8 Å². The number of benzene rings is 1. The lowest BCUT2D eigenvalue weighted by Crippen LogP contribution is -2.41. The van der Waals surface area contributed by atoms with E-state index in [1.807, 2.05) is 12.1 Å². The van der Waals surface area contributed by atoms with E-state index in [2.05, 4.69) is 63.6 Å². The molecule has 2 unspecified atom stereocenters. The zero-order valence-electron chi connectivity index (χ0n) is 22.3. The molecule has 1 aromatic carbocycles. The second-order valence-electron chi connectivity index (χ2n) is 10.8. The fourth-order valence-corrected chi connectivity index (χ4v) is 6.32. The highest BCUT2D eigenvalue weighted by atomic mass is 35.5. The summed E-state index contributed by atoms with van der Waals surface area (Å²) in [5.74, 6) is 2.17. The molecule has 0 amide bonds. The fourth-order valence-electron chi connectivity index (χ4n) is 6.15. The normalized spacial score (nSPS) is 22.5. The van der Waals surface area contributed by atoms with Crippen molar-refractivity contribution in [2.75, 3.05) is 24.7 Å². The lowest BCUT2D eigenvalue weighted by Gasteiger charge is -2.39. The first-order valence-electron chi connectivity index (χ1n) is 13.7. The molecule has 3 aromatic heterocycles. The van der Waals surface area contributed by atoms with Crippen molar-refractivity contribution in [3.8, 4) is 17.3 Å². The molecule has 39 heavy (non-hydrogen) atoms. The van der Waals surface area contributed by atoms with Crippen molar-refractivity contribution >= 4 is 28.7 Å². The SMILES string of the molecule is CC1CCC(C(C)n2c(N3CCOCC3c3ccccc3)nc3nc(C#N)nc(-c4cncc(Cl)c4)c32)CC1. The van der Waals surface area contributed by atoms with Gasteiger partial charge in [-0.15, -0.1) is 0 Å². The molecule has 9 heteroatoms. The van der Waals surface area contributed by atoms with Gasteiger partial charge in [0.2, 0.25) is 11.8 Å². The van der Waals surface area contributed by atoms with Crippen LogP contribution in [0, 0.1) is 23.2 Å². The van der Waals surface area contributed by atoms with Crippen LogP contribution in [0.25, 0.3) is 22.4 Å². The van der Waals surface area contributed by atoms with E-state index in [1.165, 1.54) is 18.4 Å². The summed E-state index contributed by atoms with van der Waals surface area (Å²) < 4.78 is 8.29. The number of halogens is 1. The van der Waals surface area contributed by atoms with E-state index in [0.29, 0.717) is 42.0 Å². The number of hydrogen-bond donors (Lipinski definition) is 0. The van der Waals surface area contributed by atoms with Gasteiger partial charge in [-0.1, -0.05) is 61.7 Å². The van der Waals surface area contributed by atoms with Gasteiger partial charge in [0, 0.05) is 30.5 Å².